The number of hydrogen-bond donors (Lipinski definition) is 1. The molecular weight excluding hydrogens is 402 g/mol. The van der Waals surface area contributed by atoms with E-state index < -0.39 is 10.0 Å². The summed E-state index contributed by atoms with van der Waals surface area (Å²) in [6, 6.07) is 11.3. The van der Waals surface area contributed by atoms with Gasteiger partial charge in [-0.3, -0.25) is 4.79 Å². The SMILES string of the molecule is O=C(c1noc2ccc(S(=O)(=O)NCc3ccc(Cl)cc3)cc12)N1CCCC1. The van der Waals surface area contributed by atoms with E-state index in [1.807, 2.05) is 0 Å². The van der Waals surface area contributed by atoms with Crippen LogP contribution in [0.5, 0.6) is 0 Å². The van der Waals surface area contributed by atoms with E-state index >= 15 is 0 Å². The average molecular weight is 420 g/mol. The molecule has 1 saturated heterocycles. The zero-order chi connectivity index (χ0) is 19.7. The first-order chi connectivity index (χ1) is 13.4. The van der Waals surface area contributed by atoms with Gasteiger partial charge in [-0.2, -0.15) is 0 Å². The maximum atomic E-state index is 12.7. The Morgan fingerprint density at radius 3 is 2.57 bits per heavy atom. The molecule has 7 nitrogen and oxygen atoms in total. The van der Waals surface area contributed by atoms with Gasteiger partial charge in [0.25, 0.3) is 5.91 Å². The number of likely N-dealkylation sites (tertiary alicyclic amines) is 1. The van der Waals surface area contributed by atoms with E-state index in [1.165, 1.54) is 18.2 Å². The highest BCUT2D eigenvalue weighted by atomic mass is 35.5. The van der Waals surface area contributed by atoms with Crippen molar-refractivity contribution in [2.75, 3.05) is 13.1 Å². The van der Waals surface area contributed by atoms with Crippen LogP contribution in [0.2, 0.25) is 5.02 Å². The van der Waals surface area contributed by atoms with Crippen LogP contribution < -0.4 is 4.72 Å². The number of aromatic nitrogens is 1. The predicted octanol–water partition coefficient (Wildman–Crippen LogP) is 3.20. The largest absolute Gasteiger partial charge is 0.355 e. The van der Waals surface area contributed by atoms with Gasteiger partial charge in [-0.15, -0.1) is 0 Å². The van der Waals surface area contributed by atoms with Gasteiger partial charge in [0.1, 0.15) is 0 Å². The van der Waals surface area contributed by atoms with Crippen molar-refractivity contribution in [2.45, 2.75) is 24.3 Å². The fraction of sp³-hybridized carbons (Fsp3) is 0.263. The molecule has 0 atom stereocenters. The summed E-state index contributed by atoms with van der Waals surface area (Å²) in [6.45, 7) is 1.47. The van der Waals surface area contributed by atoms with Gasteiger partial charge >= 0.3 is 0 Å². The standard InChI is InChI=1S/C19H18ClN3O4S/c20-14-5-3-13(4-6-14)12-21-28(25,26)15-7-8-17-16(11-15)18(22-27-17)19(24)23-9-1-2-10-23/h3-8,11,21H,1-2,9-10,12H2. The van der Waals surface area contributed by atoms with E-state index in [1.54, 1.807) is 29.2 Å². The molecular formula is C19H18ClN3O4S. The minimum absolute atomic E-state index is 0.0487. The van der Waals surface area contributed by atoms with E-state index in [0.717, 1.165) is 18.4 Å². The highest BCUT2D eigenvalue weighted by Gasteiger charge is 2.26. The molecule has 1 aromatic heterocycles. The van der Waals surface area contributed by atoms with Gasteiger partial charge in [0, 0.05) is 24.7 Å². The molecule has 9 heteroatoms. The Morgan fingerprint density at radius 2 is 1.86 bits per heavy atom. The fourth-order valence-electron chi connectivity index (χ4n) is 3.17. The second-order valence-electron chi connectivity index (χ2n) is 6.64. The van der Waals surface area contributed by atoms with Crippen LogP contribution in [-0.2, 0) is 16.6 Å². The number of carbonyl (C=O) groups is 1. The number of halogens is 1. The van der Waals surface area contributed by atoms with Crippen molar-refractivity contribution in [3.8, 4) is 0 Å². The summed E-state index contributed by atoms with van der Waals surface area (Å²) in [7, 11) is -3.78. The van der Waals surface area contributed by atoms with Gasteiger partial charge in [-0.05, 0) is 48.7 Å². The quantitative estimate of drug-likeness (QED) is 0.685. The Labute approximate surface area is 167 Å². The zero-order valence-corrected chi connectivity index (χ0v) is 16.5. The number of amides is 1. The summed E-state index contributed by atoms with van der Waals surface area (Å²) in [5, 5.41) is 4.85. The molecule has 1 aliphatic rings. The molecule has 2 heterocycles. The Bertz CT molecular complexity index is 1120. The van der Waals surface area contributed by atoms with Crippen molar-refractivity contribution in [3.05, 3.63) is 58.7 Å². The topological polar surface area (TPSA) is 92.5 Å². The first-order valence-electron chi connectivity index (χ1n) is 8.87. The van der Waals surface area contributed by atoms with Crippen LogP contribution in [-0.4, -0.2) is 37.5 Å². The summed E-state index contributed by atoms with van der Waals surface area (Å²) in [5.74, 6) is -0.236. The van der Waals surface area contributed by atoms with E-state index in [-0.39, 0.29) is 23.0 Å². The monoisotopic (exact) mass is 419 g/mol. The Balaban J connectivity index is 1.59. The normalized spacial score (nSPS) is 14.7. The smallest absolute Gasteiger partial charge is 0.276 e. The van der Waals surface area contributed by atoms with Crippen molar-refractivity contribution in [3.63, 3.8) is 0 Å². The van der Waals surface area contributed by atoms with Crippen LogP contribution in [0.25, 0.3) is 11.0 Å². The molecule has 0 saturated carbocycles. The lowest BCUT2D eigenvalue weighted by atomic mass is 10.2. The lowest BCUT2D eigenvalue weighted by Crippen LogP contribution is -2.28. The number of benzene rings is 2. The maximum Gasteiger partial charge on any atom is 0.276 e. The molecule has 1 aliphatic heterocycles. The van der Waals surface area contributed by atoms with Gasteiger partial charge in [0.15, 0.2) is 11.3 Å². The summed E-state index contributed by atoms with van der Waals surface area (Å²) in [5.41, 5.74) is 1.30. The third-order valence-electron chi connectivity index (χ3n) is 4.73. The second-order valence-corrected chi connectivity index (χ2v) is 8.84. The number of nitrogens with zero attached hydrogens (tertiary/aromatic N) is 2. The van der Waals surface area contributed by atoms with Gasteiger partial charge < -0.3 is 9.42 Å². The van der Waals surface area contributed by atoms with Crippen molar-refractivity contribution in [2.24, 2.45) is 0 Å². The Kier molecular flexibility index (Phi) is 5.09. The van der Waals surface area contributed by atoms with Gasteiger partial charge in [-0.1, -0.05) is 28.9 Å². The van der Waals surface area contributed by atoms with Crippen LogP contribution in [0.3, 0.4) is 0 Å². The zero-order valence-electron chi connectivity index (χ0n) is 14.9. The molecule has 0 radical (unpaired) electrons. The molecule has 1 N–H and O–H groups in total. The second kappa shape index (κ2) is 7.54. The van der Waals surface area contributed by atoms with Crippen LogP contribution >= 0.6 is 11.6 Å². The lowest BCUT2D eigenvalue weighted by Gasteiger charge is -2.13. The minimum atomic E-state index is -3.78. The van der Waals surface area contributed by atoms with Crippen LogP contribution in [0.15, 0.2) is 51.9 Å². The van der Waals surface area contributed by atoms with E-state index in [2.05, 4.69) is 9.88 Å². The van der Waals surface area contributed by atoms with Crippen LogP contribution in [0.1, 0.15) is 28.9 Å². The molecule has 1 fully saturated rings. The number of carbonyl (C=O) groups excluding carboxylic acids is 1. The molecule has 3 aromatic rings. The van der Waals surface area contributed by atoms with Crippen molar-refractivity contribution >= 4 is 38.5 Å². The number of nitrogens with one attached hydrogen (secondary N) is 1. The highest BCUT2D eigenvalue weighted by molar-refractivity contribution is 7.89. The summed E-state index contributed by atoms with van der Waals surface area (Å²) in [6.07, 6.45) is 1.91. The maximum absolute atomic E-state index is 12.7. The first-order valence-corrected chi connectivity index (χ1v) is 10.7. The van der Waals surface area contributed by atoms with Crippen molar-refractivity contribution in [1.82, 2.24) is 14.8 Å². The molecule has 0 bridgehead atoms. The molecule has 146 valence electrons. The summed E-state index contributed by atoms with van der Waals surface area (Å²) < 4.78 is 33.2. The number of hydrogen-bond acceptors (Lipinski definition) is 5. The third kappa shape index (κ3) is 3.76. The summed E-state index contributed by atoms with van der Waals surface area (Å²) in [4.78, 5) is 14.4. The Hall–Kier alpha value is -2.42. The van der Waals surface area contributed by atoms with E-state index in [4.69, 9.17) is 16.1 Å². The lowest BCUT2D eigenvalue weighted by molar-refractivity contribution is 0.0784. The fourth-order valence-corrected chi connectivity index (χ4v) is 4.34. The van der Waals surface area contributed by atoms with Gasteiger partial charge in [0.2, 0.25) is 10.0 Å². The molecule has 28 heavy (non-hydrogen) atoms. The number of sulfonamides is 1. The van der Waals surface area contributed by atoms with Crippen LogP contribution in [0.4, 0.5) is 0 Å². The van der Waals surface area contributed by atoms with Gasteiger partial charge in [-0.25, -0.2) is 13.1 Å². The van der Waals surface area contributed by atoms with Gasteiger partial charge in [0.05, 0.1) is 10.3 Å². The number of rotatable bonds is 5. The molecule has 1 amide bonds. The first kappa shape index (κ1) is 18.9. The Morgan fingerprint density at radius 1 is 1.14 bits per heavy atom. The van der Waals surface area contributed by atoms with E-state index in [9.17, 15) is 13.2 Å². The molecule has 0 spiro atoms. The summed E-state index contributed by atoms with van der Waals surface area (Å²) >= 11 is 5.85. The minimum Gasteiger partial charge on any atom is -0.355 e. The van der Waals surface area contributed by atoms with Crippen LogP contribution in [0, 0.1) is 0 Å². The predicted molar refractivity (Wildman–Crippen MR) is 105 cm³/mol. The van der Waals surface area contributed by atoms with E-state index in [0.29, 0.717) is 29.1 Å². The molecule has 0 unspecified atom stereocenters. The van der Waals surface area contributed by atoms with Crippen molar-refractivity contribution < 1.29 is 17.7 Å². The molecule has 4 rings (SSSR count). The molecule has 2 aromatic carbocycles. The highest BCUT2D eigenvalue weighted by Crippen LogP contribution is 2.25. The number of fused-ring (bicyclic) bond motifs is 1. The average Bonchev–Trinajstić information content (AvgIpc) is 3.36. The third-order valence-corrected chi connectivity index (χ3v) is 6.38. The molecule has 0 aliphatic carbocycles. The van der Waals surface area contributed by atoms with Crippen molar-refractivity contribution in [1.29, 1.82) is 0 Å².